The van der Waals surface area contributed by atoms with Crippen molar-refractivity contribution < 1.29 is 13.6 Å². The Hall–Kier alpha value is -2.78. The summed E-state index contributed by atoms with van der Waals surface area (Å²) < 4.78 is 30.1. The van der Waals surface area contributed by atoms with Crippen LogP contribution in [0.4, 0.5) is 0 Å². The van der Waals surface area contributed by atoms with Gasteiger partial charge in [0.1, 0.15) is 11.7 Å². The quantitative estimate of drug-likeness (QED) is 0.859. The van der Waals surface area contributed by atoms with E-state index in [1.807, 2.05) is 6.07 Å². The Morgan fingerprint density at radius 2 is 2.24 bits per heavy atom. The molecule has 0 aromatic carbocycles. The van der Waals surface area contributed by atoms with Crippen LogP contribution in [0.25, 0.3) is 11.3 Å². The van der Waals surface area contributed by atoms with Gasteiger partial charge >= 0.3 is 0 Å². The van der Waals surface area contributed by atoms with Gasteiger partial charge < -0.3 is 4.74 Å². The molecule has 0 fully saturated rings. The lowest BCUT2D eigenvalue weighted by Gasteiger charge is -2.39. The normalized spacial score (nSPS) is 24.6. The van der Waals surface area contributed by atoms with Crippen LogP contribution in [0.1, 0.15) is 30.1 Å². The van der Waals surface area contributed by atoms with Crippen molar-refractivity contribution >= 4 is 5.78 Å². The smallest absolute Gasteiger partial charge is 0.178 e. The molecular formula is C19H20N4O2. The first kappa shape index (κ1) is 13.5. The van der Waals surface area contributed by atoms with Gasteiger partial charge in [-0.25, -0.2) is 4.98 Å². The number of ketones is 1. The summed E-state index contributed by atoms with van der Waals surface area (Å²) in [5.41, 5.74) is -1.000. The van der Waals surface area contributed by atoms with Gasteiger partial charge in [0.15, 0.2) is 5.78 Å². The minimum absolute atomic E-state index is 0.0475. The largest absolute Gasteiger partial charge is 0.368 e. The molecule has 0 saturated carbocycles. The van der Waals surface area contributed by atoms with E-state index in [0.29, 0.717) is 11.4 Å². The summed E-state index contributed by atoms with van der Waals surface area (Å²) in [5.74, 6) is -0.344. The van der Waals surface area contributed by atoms with Gasteiger partial charge in [-0.2, -0.15) is 10.4 Å². The number of carbonyl (C=O) groups excluding carboxylic acids is 1. The average Bonchev–Trinajstić information content (AvgIpc) is 3.03. The number of ether oxygens (including phenoxy) is 1. The van der Waals surface area contributed by atoms with Crippen molar-refractivity contribution in [3.05, 3.63) is 47.9 Å². The van der Waals surface area contributed by atoms with Crippen LogP contribution in [0.3, 0.4) is 0 Å². The van der Waals surface area contributed by atoms with Crippen molar-refractivity contribution in [3.63, 3.8) is 0 Å². The molecule has 6 heteroatoms. The van der Waals surface area contributed by atoms with E-state index in [2.05, 4.69) is 10.1 Å². The van der Waals surface area contributed by atoms with Gasteiger partial charge in [0.25, 0.3) is 0 Å². The zero-order valence-electron chi connectivity index (χ0n) is 17.3. The Morgan fingerprint density at radius 3 is 2.88 bits per heavy atom. The number of allylic oxidation sites excluding steroid dienone is 1. The molecule has 25 heavy (non-hydrogen) atoms. The SMILES string of the molecule is [2H]C([2H])([2H])OC1(c2cccc(-c3cnn(C)c3)n2)C=C(C#N)C(=O)C(C)(C)C1. The van der Waals surface area contributed by atoms with Gasteiger partial charge in [-0.05, 0) is 24.6 Å². The number of hydrogen-bond acceptors (Lipinski definition) is 5. The van der Waals surface area contributed by atoms with Crippen LogP contribution >= 0.6 is 0 Å². The Bertz CT molecular complexity index is 1000. The highest BCUT2D eigenvalue weighted by molar-refractivity contribution is 6.03. The molecule has 3 rings (SSSR count). The number of carbonyl (C=O) groups is 1. The summed E-state index contributed by atoms with van der Waals surface area (Å²) in [6, 6.07) is 7.03. The van der Waals surface area contributed by atoms with E-state index >= 15 is 0 Å². The van der Waals surface area contributed by atoms with Crippen LogP contribution in [0.15, 0.2) is 42.2 Å². The average molecular weight is 339 g/mol. The Balaban J connectivity index is 2.21. The predicted molar refractivity (Wildman–Crippen MR) is 92.2 cm³/mol. The lowest BCUT2D eigenvalue weighted by molar-refractivity contribution is -0.128. The summed E-state index contributed by atoms with van der Waals surface area (Å²) in [6.07, 6.45) is 4.77. The number of rotatable bonds is 3. The number of nitriles is 1. The van der Waals surface area contributed by atoms with Gasteiger partial charge in [0.2, 0.25) is 0 Å². The fraction of sp³-hybridized carbons (Fsp3) is 0.368. The molecular weight excluding hydrogens is 316 g/mol. The molecule has 128 valence electrons. The van der Waals surface area contributed by atoms with Gasteiger partial charge in [-0.1, -0.05) is 19.9 Å². The molecule has 1 aliphatic rings. The second-order valence-corrected chi connectivity index (χ2v) is 6.86. The Labute approximate surface area is 151 Å². The molecule has 0 amide bonds. The van der Waals surface area contributed by atoms with Crippen molar-refractivity contribution in [1.82, 2.24) is 14.8 Å². The molecule has 2 heterocycles. The summed E-state index contributed by atoms with van der Waals surface area (Å²) in [6.45, 7) is 3.34. The monoisotopic (exact) mass is 339 g/mol. The number of Topliss-reactive ketones (excluding diaryl/α,β-unsaturated/α-hetero) is 1. The third-order valence-corrected chi connectivity index (χ3v) is 4.43. The maximum absolute atomic E-state index is 12.5. The van der Waals surface area contributed by atoms with Crippen molar-refractivity contribution in [3.8, 4) is 17.3 Å². The summed E-state index contributed by atoms with van der Waals surface area (Å²) >= 11 is 0. The van der Waals surface area contributed by atoms with E-state index in [1.54, 1.807) is 56.2 Å². The van der Waals surface area contributed by atoms with E-state index in [-0.39, 0.29) is 17.8 Å². The van der Waals surface area contributed by atoms with Crippen LogP contribution in [0.2, 0.25) is 0 Å². The zero-order valence-corrected chi connectivity index (χ0v) is 14.3. The predicted octanol–water partition coefficient (Wildman–Crippen LogP) is 2.77. The molecule has 0 radical (unpaired) electrons. The number of methoxy groups -OCH3 is 1. The molecule has 2 aromatic rings. The van der Waals surface area contributed by atoms with Crippen molar-refractivity contribution in [2.75, 3.05) is 7.04 Å². The third-order valence-electron chi connectivity index (χ3n) is 4.43. The highest BCUT2D eigenvalue weighted by Gasteiger charge is 2.47. The van der Waals surface area contributed by atoms with Crippen LogP contribution < -0.4 is 0 Å². The fourth-order valence-electron chi connectivity index (χ4n) is 3.20. The number of pyridine rings is 1. The highest BCUT2D eigenvalue weighted by atomic mass is 16.5. The Kier molecular flexibility index (Phi) is 3.21. The van der Waals surface area contributed by atoms with E-state index in [9.17, 15) is 10.1 Å². The van der Waals surface area contributed by atoms with Gasteiger partial charge in [0.05, 0.1) is 27.3 Å². The van der Waals surface area contributed by atoms with E-state index in [1.165, 1.54) is 6.08 Å². The van der Waals surface area contributed by atoms with Crippen LogP contribution in [0, 0.1) is 16.7 Å². The molecule has 0 N–H and O–H groups in total. The standard InChI is InChI=1S/C19H20N4O2/c1-18(2)12-19(25-4,8-13(9-20)17(18)24)16-7-5-6-15(22-16)14-10-21-23(3)11-14/h5-8,10-11H,12H2,1-4H3/i4D3. The first-order valence-electron chi connectivity index (χ1n) is 9.30. The van der Waals surface area contributed by atoms with E-state index in [0.717, 1.165) is 5.56 Å². The minimum atomic E-state index is -2.75. The number of nitrogens with zero attached hydrogens (tertiary/aromatic N) is 4. The summed E-state index contributed by atoms with van der Waals surface area (Å²) in [4.78, 5) is 17.1. The number of hydrogen-bond donors (Lipinski definition) is 0. The molecule has 0 spiro atoms. The summed E-state index contributed by atoms with van der Waals surface area (Å²) in [5, 5.41) is 13.6. The van der Waals surface area contributed by atoms with Crippen molar-refractivity contribution in [2.24, 2.45) is 12.5 Å². The fourth-order valence-corrected chi connectivity index (χ4v) is 3.20. The van der Waals surface area contributed by atoms with Crippen molar-refractivity contribution in [2.45, 2.75) is 25.9 Å². The van der Waals surface area contributed by atoms with Crippen LogP contribution in [-0.2, 0) is 22.2 Å². The first-order chi connectivity index (χ1) is 13.0. The molecule has 0 aliphatic heterocycles. The number of aromatic nitrogens is 3. The van der Waals surface area contributed by atoms with Crippen LogP contribution in [0.5, 0.6) is 0 Å². The molecule has 1 unspecified atom stereocenters. The van der Waals surface area contributed by atoms with Gasteiger partial charge in [-0.15, -0.1) is 0 Å². The lowest BCUT2D eigenvalue weighted by Crippen LogP contribution is -2.42. The topological polar surface area (TPSA) is 80.8 Å². The third kappa shape index (κ3) is 2.87. The maximum Gasteiger partial charge on any atom is 0.178 e. The van der Waals surface area contributed by atoms with E-state index < -0.39 is 18.1 Å². The highest BCUT2D eigenvalue weighted by Crippen LogP contribution is 2.44. The number of aryl methyl sites for hydroxylation is 1. The van der Waals surface area contributed by atoms with Crippen LogP contribution in [-0.4, -0.2) is 27.6 Å². The maximum atomic E-state index is 12.5. The second kappa shape index (κ2) is 5.94. The zero-order chi connectivity index (χ0) is 20.7. The first-order valence-corrected chi connectivity index (χ1v) is 7.80. The molecule has 0 bridgehead atoms. The lowest BCUT2D eigenvalue weighted by atomic mass is 9.68. The van der Waals surface area contributed by atoms with Crippen molar-refractivity contribution in [1.29, 1.82) is 5.26 Å². The molecule has 1 atom stereocenters. The van der Waals surface area contributed by atoms with E-state index in [4.69, 9.17) is 8.85 Å². The molecule has 0 saturated heterocycles. The summed E-state index contributed by atoms with van der Waals surface area (Å²) in [7, 11) is -0.969. The minimum Gasteiger partial charge on any atom is -0.368 e. The molecule has 1 aliphatic carbocycles. The van der Waals surface area contributed by atoms with Gasteiger partial charge in [0, 0.05) is 31.3 Å². The molecule has 2 aromatic heterocycles. The second-order valence-electron chi connectivity index (χ2n) is 6.86. The Morgan fingerprint density at radius 1 is 1.44 bits per heavy atom. The van der Waals surface area contributed by atoms with Gasteiger partial charge in [-0.3, -0.25) is 9.48 Å². The molecule has 6 nitrogen and oxygen atoms in total.